The van der Waals surface area contributed by atoms with E-state index < -0.39 is 0 Å². The van der Waals surface area contributed by atoms with Crippen molar-refractivity contribution in [3.05, 3.63) is 23.8 Å². The maximum absolute atomic E-state index is 3.79. The van der Waals surface area contributed by atoms with Crippen molar-refractivity contribution in [1.29, 1.82) is 0 Å². The van der Waals surface area contributed by atoms with Gasteiger partial charge in [-0.25, -0.2) is 0 Å². The van der Waals surface area contributed by atoms with E-state index in [1.807, 2.05) is 0 Å². The maximum Gasteiger partial charge on any atom is 0.0629 e. The van der Waals surface area contributed by atoms with Crippen LogP contribution in [0, 0.1) is 0 Å². The van der Waals surface area contributed by atoms with E-state index >= 15 is 0 Å². The van der Waals surface area contributed by atoms with Gasteiger partial charge in [0.05, 0.1) is 6.54 Å². The fraction of sp³-hybridized carbons (Fsp3) is 0.375. The summed E-state index contributed by atoms with van der Waals surface area (Å²) in [6.07, 6.45) is 8.87. The Morgan fingerprint density at radius 2 is 2.44 bits per heavy atom. The first-order valence-corrected chi connectivity index (χ1v) is 3.21. The molecule has 1 nitrogen and oxygen atoms in total. The van der Waals surface area contributed by atoms with Crippen molar-refractivity contribution in [2.45, 2.75) is 12.8 Å². The number of nitrogens with zero attached hydrogens (tertiary/aromatic N) is 1. The molecule has 1 aliphatic carbocycles. The van der Waals surface area contributed by atoms with Gasteiger partial charge in [0.15, 0.2) is 0 Å². The van der Waals surface area contributed by atoms with Crippen molar-refractivity contribution in [3.63, 3.8) is 0 Å². The van der Waals surface area contributed by atoms with Crippen LogP contribution in [0.1, 0.15) is 12.8 Å². The summed E-state index contributed by atoms with van der Waals surface area (Å²) in [5, 5.41) is 0. The first-order valence-electron chi connectivity index (χ1n) is 3.21. The topological polar surface area (TPSA) is 12.4 Å². The molecule has 0 saturated carbocycles. The van der Waals surface area contributed by atoms with Gasteiger partial charge in [0.1, 0.15) is 0 Å². The fourth-order valence-corrected chi connectivity index (χ4v) is 0.914. The summed E-state index contributed by atoms with van der Waals surface area (Å²) in [4.78, 5) is 3.79. The second-order valence-electron chi connectivity index (χ2n) is 2.14. The van der Waals surface area contributed by atoms with Gasteiger partial charge < -0.3 is 0 Å². The molecule has 1 aliphatic rings. The van der Waals surface area contributed by atoms with Gasteiger partial charge >= 0.3 is 0 Å². The van der Waals surface area contributed by atoms with Crippen molar-refractivity contribution >= 4 is 6.72 Å². The molecule has 0 fully saturated rings. The molecule has 1 heteroatoms. The van der Waals surface area contributed by atoms with Crippen LogP contribution < -0.4 is 0 Å². The van der Waals surface area contributed by atoms with Gasteiger partial charge in [0.25, 0.3) is 0 Å². The third-order valence-corrected chi connectivity index (χ3v) is 1.37. The van der Waals surface area contributed by atoms with Crippen molar-refractivity contribution in [2.24, 2.45) is 4.99 Å². The number of hydrogen-bond acceptors (Lipinski definition) is 1. The minimum absolute atomic E-state index is 0.774. The molecule has 0 radical (unpaired) electrons. The molecule has 0 aromatic rings. The number of aliphatic imine (C=N–C) groups is 1. The van der Waals surface area contributed by atoms with Crippen molar-refractivity contribution in [1.82, 2.24) is 0 Å². The average Bonchev–Trinajstić information content (AvgIpc) is 1.91. The maximum atomic E-state index is 3.79. The van der Waals surface area contributed by atoms with E-state index in [-0.39, 0.29) is 0 Å². The lowest BCUT2D eigenvalue weighted by Gasteiger charge is -2.01. The highest BCUT2D eigenvalue weighted by atomic mass is 14.7. The molecule has 0 bridgehead atoms. The van der Waals surface area contributed by atoms with E-state index in [2.05, 4.69) is 29.9 Å². The standard InChI is InChI=1S/C8H11N/c1-9-7-8-5-3-2-4-6-8/h3,5-6H,1-2,4,7H2. The lowest BCUT2D eigenvalue weighted by molar-refractivity contribution is 0.997. The zero-order valence-corrected chi connectivity index (χ0v) is 5.51. The van der Waals surface area contributed by atoms with Crippen LogP contribution in [0.2, 0.25) is 0 Å². The quantitative estimate of drug-likeness (QED) is 0.495. The van der Waals surface area contributed by atoms with Gasteiger partial charge in [0.2, 0.25) is 0 Å². The zero-order chi connectivity index (χ0) is 6.53. The normalized spacial score (nSPS) is 17.1. The van der Waals surface area contributed by atoms with Crippen LogP contribution in [0.15, 0.2) is 28.8 Å². The summed E-state index contributed by atoms with van der Waals surface area (Å²) < 4.78 is 0. The molecule has 0 aromatic carbocycles. The first kappa shape index (κ1) is 6.27. The Labute approximate surface area is 55.8 Å². The van der Waals surface area contributed by atoms with E-state index in [4.69, 9.17) is 0 Å². The Bertz CT molecular complexity index is 154. The largest absolute Gasteiger partial charge is 0.296 e. The Kier molecular flexibility index (Phi) is 2.25. The van der Waals surface area contributed by atoms with Crippen LogP contribution in [0.3, 0.4) is 0 Å². The van der Waals surface area contributed by atoms with Gasteiger partial charge in [-0.2, -0.15) is 0 Å². The molecule has 0 atom stereocenters. The molecular weight excluding hydrogens is 110 g/mol. The fourth-order valence-electron chi connectivity index (χ4n) is 0.914. The predicted molar refractivity (Wildman–Crippen MR) is 40.9 cm³/mol. The molecule has 0 unspecified atom stereocenters. The molecule has 9 heavy (non-hydrogen) atoms. The van der Waals surface area contributed by atoms with Crippen molar-refractivity contribution in [3.8, 4) is 0 Å². The van der Waals surface area contributed by atoms with Crippen molar-refractivity contribution < 1.29 is 0 Å². The Morgan fingerprint density at radius 1 is 1.56 bits per heavy atom. The van der Waals surface area contributed by atoms with Crippen LogP contribution >= 0.6 is 0 Å². The minimum atomic E-state index is 0.774. The Morgan fingerprint density at radius 3 is 3.00 bits per heavy atom. The predicted octanol–water partition coefficient (Wildman–Crippen LogP) is 1.96. The minimum Gasteiger partial charge on any atom is -0.296 e. The highest BCUT2D eigenvalue weighted by Gasteiger charge is 1.92. The third-order valence-electron chi connectivity index (χ3n) is 1.37. The first-order chi connectivity index (χ1) is 4.43. The summed E-state index contributed by atoms with van der Waals surface area (Å²) in [6, 6.07) is 0. The van der Waals surface area contributed by atoms with Crippen LogP contribution in [-0.4, -0.2) is 13.3 Å². The summed E-state index contributed by atoms with van der Waals surface area (Å²) in [5.41, 5.74) is 1.30. The van der Waals surface area contributed by atoms with Crippen LogP contribution in [0.25, 0.3) is 0 Å². The SMILES string of the molecule is C=NCC1=CCCC=C1. The molecule has 0 aromatic heterocycles. The third kappa shape index (κ3) is 1.84. The smallest absolute Gasteiger partial charge is 0.0629 e. The van der Waals surface area contributed by atoms with Gasteiger partial charge in [-0.05, 0) is 25.1 Å². The van der Waals surface area contributed by atoms with Crippen LogP contribution in [-0.2, 0) is 0 Å². The molecule has 0 saturated heterocycles. The summed E-state index contributed by atoms with van der Waals surface area (Å²) in [7, 11) is 0. The molecule has 0 heterocycles. The molecule has 0 aliphatic heterocycles. The van der Waals surface area contributed by atoms with Gasteiger partial charge in [-0.1, -0.05) is 18.2 Å². The highest BCUT2D eigenvalue weighted by molar-refractivity contribution is 5.29. The van der Waals surface area contributed by atoms with Gasteiger partial charge in [-0.3, -0.25) is 4.99 Å². The lowest BCUT2D eigenvalue weighted by atomic mass is 10.1. The molecule has 1 rings (SSSR count). The van der Waals surface area contributed by atoms with Crippen LogP contribution in [0.5, 0.6) is 0 Å². The number of rotatable bonds is 2. The lowest BCUT2D eigenvalue weighted by Crippen LogP contribution is -1.87. The summed E-state index contributed by atoms with van der Waals surface area (Å²) >= 11 is 0. The van der Waals surface area contributed by atoms with Gasteiger partial charge in [0, 0.05) is 0 Å². The van der Waals surface area contributed by atoms with E-state index in [1.165, 1.54) is 18.4 Å². The van der Waals surface area contributed by atoms with E-state index in [1.54, 1.807) is 0 Å². The van der Waals surface area contributed by atoms with E-state index in [0.29, 0.717) is 0 Å². The summed E-state index contributed by atoms with van der Waals surface area (Å²) in [6.45, 7) is 4.20. The summed E-state index contributed by atoms with van der Waals surface area (Å²) in [5.74, 6) is 0. The second-order valence-corrected chi connectivity index (χ2v) is 2.14. The number of hydrogen-bond donors (Lipinski definition) is 0. The molecule has 0 amide bonds. The molecule has 48 valence electrons. The van der Waals surface area contributed by atoms with Crippen molar-refractivity contribution in [2.75, 3.05) is 6.54 Å². The van der Waals surface area contributed by atoms with Crippen LogP contribution in [0.4, 0.5) is 0 Å². The number of allylic oxidation sites excluding steroid dienone is 2. The molecular formula is C8H11N. The van der Waals surface area contributed by atoms with Gasteiger partial charge in [-0.15, -0.1) is 0 Å². The zero-order valence-electron chi connectivity index (χ0n) is 5.51. The van der Waals surface area contributed by atoms with E-state index in [9.17, 15) is 0 Å². The Balaban J connectivity index is 2.47. The van der Waals surface area contributed by atoms with E-state index in [0.717, 1.165) is 6.54 Å². The highest BCUT2D eigenvalue weighted by Crippen LogP contribution is 2.08. The Hall–Kier alpha value is -0.850. The molecule has 0 N–H and O–H groups in total. The monoisotopic (exact) mass is 121 g/mol. The second kappa shape index (κ2) is 3.23. The average molecular weight is 121 g/mol. The molecule has 0 spiro atoms.